The number of likely N-dealkylation sites (N-methyl/N-ethyl adjacent to an activating group) is 2. The standard InChI is InChI=1S/C34H53N3O7/c1-19-17-34(5,42)30(44-33-29(39)27(36(6)7)15-20(2)43-33)21(3)28(38)22(4)31(40)35-26(32(41)37(8)18-19)16-24-14-13-23-11-9-10-12-25(23)24/h9-12,14,19-22,26-30,33,38-39,42H,13,15-18H2,1-8H3,(H,35,40)/t19-,20-,21+,22-,26+,27+,28+,29-,30-,33+,34-/m1/s1. The number of carbonyl (C=O) groups is 2. The molecule has 11 atom stereocenters. The van der Waals surface area contributed by atoms with Crippen molar-refractivity contribution in [3.63, 3.8) is 0 Å². The van der Waals surface area contributed by atoms with Crippen molar-refractivity contribution < 1.29 is 34.4 Å². The van der Waals surface area contributed by atoms with Gasteiger partial charge in [-0.1, -0.05) is 51.1 Å². The first kappa shape index (κ1) is 34.5. The quantitative estimate of drug-likeness (QED) is 0.397. The fraction of sp³-hybridized carbons (Fsp3) is 0.706. The van der Waals surface area contributed by atoms with E-state index in [1.807, 2.05) is 51.0 Å². The smallest absolute Gasteiger partial charge is 0.245 e. The number of carbonyl (C=O) groups excluding carboxylic acids is 2. The zero-order valence-corrected chi connectivity index (χ0v) is 27.6. The number of benzene rings is 1. The second-order valence-electron chi connectivity index (χ2n) is 14.0. The van der Waals surface area contributed by atoms with Gasteiger partial charge in [-0.3, -0.25) is 9.59 Å². The first-order chi connectivity index (χ1) is 20.6. The summed E-state index contributed by atoms with van der Waals surface area (Å²) >= 11 is 0. The van der Waals surface area contributed by atoms with Crippen molar-refractivity contribution in [1.82, 2.24) is 15.1 Å². The maximum absolute atomic E-state index is 13.8. The molecule has 0 radical (unpaired) electrons. The van der Waals surface area contributed by atoms with Crippen molar-refractivity contribution in [2.75, 3.05) is 27.7 Å². The normalized spacial score (nSPS) is 39.2. The lowest BCUT2D eigenvalue weighted by Gasteiger charge is -2.46. The Balaban J connectivity index is 1.62. The summed E-state index contributed by atoms with van der Waals surface area (Å²) < 4.78 is 12.5. The number of fused-ring (bicyclic) bond motifs is 1. The van der Waals surface area contributed by atoms with Gasteiger partial charge >= 0.3 is 0 Å². The minimum Gasteiger partial charge on any atom is -0.392 e. The Morgan fingerprint density at radius 3 is 2.48 bits per heavy atom. The molecule has 2 saturated heterocycles. The van der Waals surface area contributed by atoms with Gasteiger partial charge in [0.25, 0.3) is 0 Å². The Hall–Kier alpha value is -2.34. The van der Waals surface area contributed by atoms with Gasteiger partial charge in [0, 0.05) is 32.0 Å². The monoisotopic (exact) mass is 615 g/mol. The van der Waals surface area contributed by atoms with E-state index >= 15 is 0 Å². The van der Waals surface area contributed by atoms with Gasteiger partial charge in [0.05, 0.1) is 29.8 Å². The minimum absolute atomic E-state index is 0.152. The molecule has 44 heavy (non-hydrogen) atoms. The number of amides is 2. The van der Waals surface area contributed by atoms with Crippen LogP contribution in [0.3, 0.4) is 0 Å². The van der Waals surface area contributed by atoms with Crippen molar-refractivity contribution in [2.45, 2.75) is 109 Å². The molecule has 3 aliphatic rings. The summed E-state index contributed by atoms with van der Waals surface area (Å²) in [4.78, 5) is 31.0. The summed E-state index contributed by atoms with van der Waals surface area (Å²) in [6.07, 6.45) is -0.326. The lowest BCUT2D eigenvalue weighted by atomic mass is 9.78. The topological polar surface area (TPSA) is 132 Å². The molecule has 0 bridgehead atoms. The van der Waals surface area contributed by atoms with Crippen LogP contribution in [0.2, 0.25) is 0 Å². The van der Waals surface area contributed by atoms with Crippen LogP contribution in [-0.4, -0.2) is 113 Å². The van der Waals surface area contributed by atoms with E-state index in [9.17, 15) is 24.9 Å². The lowest BCUT2D eigenvalue weighted by molar-refractivity contribution is -0.299. The Morgan fingerprint density at radius 1 is 1.11 bits per heavy atom. The van der Waals surface area contributed by atoms with Crippen LogP contribution in [0.4, 0.5) is 0 Å². The molecule has 1 aromatic rings. The molecule has 10 heteroatoms. The van der Waals surface area contributed by atoms with Crippen molar-refractivity contribution in [3.05, 3.63) is 41.5 Å². The lowest BCUT2D eigenvalue weighted by Crippen LogP contribution is -2.59. The third kappa shape index (κ3) is 7.54. The second-order valence-corrected chi connectivity index (χ2v) is 14.0. The first-order valence-electron chi connectivity index (χ1n) is 16.0. The van der Waals surface area contributed by atoms with Gasteiger partial charge in [-0.05, 0) is 69.8 Å². The number of aliphatic hydroxyl groups excluding tert-OH is 2. The number of nitrogens with one attached hydrogen (secondary N) is 1. The van der Waals surface area contributed by atoms with Crippen LogP contribution in [0.5, 0.6) is 0 Å². The molecule has 4 N–H and O–H groups in total. The highest BCUT2D eigenvalue weighted by molar-refractivity contribution is 5.90. The zero-order chi connectivity index (χ0) is 32.5. The average molecular weight is 616 g/mol. The van der Waals surface area contributed by atoms with Crippen LogP contribution in [0.15, 0.2) is 30.3 Å². The Bertz CT molecular complexity index is 1200. The Kier molecular flexibility index (Phi) is 11.0. The number of rotatable bonds is 5. The van der Waals surface area contributed by atoms with E-state index in [1.54, 1.807) is 32.7 Å². The zero-order valence-electron chi connectivity index (χ0n) is 27.6. The van der Waals surface area contributed by atoms with Crippen molar-refractivity contribution in [2.24, 2.45) is 17.8 Å². The summed E-state index contributed by atoms with van der Waals surface area (Å²) in [7, 11) is 5.49. The number of nitrogens with zero attached hydrogens (tertiary/aromatic N) is 2. The molecule has 2 fully saturated rings. The van der Waals surface area contributed by atoms with Crippen molar-refractivity contribution >= 4 is 17.4 Å². The number of ether oxygens (including phenoxy) is 2. The third-order valence-corrected chi connectivity index (χ3v) is 9.81. The molecule has 2 amide bonds. The molecule has 1 aromatic carbocycles. The largest absolute Gasteiger partial charge is 0.392 e. The fourth-order valence-corrected chi connectivity index (χ4v) is 7.41. The van der Waals surface area contributed by atoms with Crippen LogP contribution in [0.1, 0.15) is 65.0 Å². The van der Waals surface area contributed by atoms with Gasteiger partial charge in [-0.2, -0.15) is 0 Å². The van der Waals surface area contributed by atoms with Crippen LogP contribution in [0, 0.1) is 17.8 Å². The summed E-state index contributed by atoms with van der Waals surface area (Å²) in [5.74, 6) is -2.47. The van der Waals surface area contributed by atoms with E-state index < -0.39 is 54.0 Å². The maximum Gasteiger partial charge on any atom is 0.245 e. The number of hydrogen-bond acceptors (Lipinski definition) is 8. The molecule has 246 valence electrons. The molecule has 0 spiro atoms. The van der Waals surface area contributed by atoms with Gasteiger partial charge in [-0.25, -0.2) is 0 Å². The Labute approximate surface area is 262 Å². The maximum atomic E-state index is 13.8. The SMILES string of the molecule is C[C@H]1CN(C)C(=O)[C@H](CC2=CCc3ccccc32)NC(=O)[C@H](C)[C@@H](O)[C@H](C)[C@@H](O[C@@H]2O[C@H](C)C[C@H](N(C)C)[C@H]2O)[C@](C)(O)C1. The van der Waals surface area contributed by atoms with Gasteiger partial charge in [0.15, 0.2) is 6.29 Å². The highest BCUT2D eigenvalue weighted by atomic mass is 16.7. The Morgan fingerprint density at radius 2 is 1.80 bits per heavy atom. The van der Waals surface area contributed by atoms with Crippen LogP contribution in [-0.2, 0) is 25.5 Å². The molecule has 2 heterocycles. The van der Waals surface area contributed by atoms with Crippen LogP contribution < -0.4 is 5.32 Å². The van der Waals surface area contributed by atoms with E-state index in [0.717, 1.165) is 17.6 Å². The predicted molar refractivity (Wildman–Crippen MR) is 168 cm³/mol. The fourth-order valence-electron chi connectivity index (χ4n) is 7.41. The van der Waals surface area contributed by atoms with Gasteiger partial charge < -0.3 is 39.9 Å². The van der Waals surface area contributed by atoms with Crippen molar-refractivity contribution in [3.8, 4) is 0 Å². The number of allylic oxidation sites excluding steroid dienone is 1. The van der Waals surface area contributed by atoms with Gasteiger partial charge in [0.1, 0.15) is 12.1 Å². The summed E-state index contributed by atoms with van der Waals surface area (Å²) in [5.41, 5.74) is 1.81. The molecule has 1 aliphatic carbocycles. The van der Waals surface area contributed by atoms with E-state index in [0.29, 0.717) is 19.4 Å². The van der Waals surface area contributed by atoms with Crippen LogP contribution >= 0.6 is 0 Å². The summed E-state index contributed by atoms with van der Waals surface area (Å²) in [6.45, 7) is 9.23. The number of aliphatic hydroxyl groups is 3. The molecule has 0 unspecified atom stereocenters. The molecule has 0 saturated carbocycles. The van der Waals surface area contributed by atoms with E-state index in [2.05, 4.69) is 17.5 Å². The van der Waals surface area contributed by atoms with Crippen molar-refractivity contribution in [1.29, 1.82) is 0 Å². The van der Waals surface area contributed by atoms with Gasteiger partial charge in [0.2, 0.25) is 11.8 Å². The molecule has 0 aromatic heterocycles. The minimum atomic E-state index is -1.48. The van der Waals surface area contributed by atoms with E-state index in [-0.39, 0.29) is 30.4 Å². The number of hydrogen-bond donors (Lipinski definition) is 4. The molecule has 10 nitrogen and oxygen atoms in total. The van der Waals surface area contributed by atoms with Gasteiger partial charge in [-0.15, -0.1) is 0 Å². The first-order valence-corrected chi connectivity index (χ1v) is 16.0. The van der Waals surface area contributed by atoms with Crippen LogP contribution in [0.25, 0.3) is 5.57 Å². The van der Waals surface area contributed by atoms with E-state index in [1.165, 1.54) is 5.56 Å². The van der Waals surface area contributed by atoms with E-state index in [4.69, 9.17) is 9.47 Å². The predicted octanol–water partition coefficient (Wildman–Crippen LogP) is 2.19. The summed E-state index contributed by atoms with van der Waals surface area (Å²) in [6, 6.07) is 7.04. The molecule has 4 rings (SSSR count). The molecular weight excluding hydrogens is 562 g/mol. The third-order valence-electron chi connectivity index (χ3n) is 9.81. The highest BCUT2D eigenvalue weighted by Crippen LogP contribution is 2.36. The summed E-state index contributed by atoms with van der Waals surface area (Å²) in [5, 5.41) is 37.7. The molecular formula is C34H53N3O7. The average Bonchev–Trinajstić information content (AvgIpc) is 3.36. The highest BCUT2D eigenvalue weighted by Gasteiger charge is 2.48. The second kappa shape index (κ2) is 14.0. The molecule has 2 aliphatic heterocycles.